The topological polar surface area (TPSA) is 56.5 Å². The Labute approximate surface area is 106 Å². The lowest BCUT2D eigenvalue weighted by Crippen LogP contribution is -2.03. The van der Waals surface area contributed by atoms with Crippen LogP contribution in [-0.2, 0) is 6.54 Å². The summed E-state index contributed by atoms with van der Waals surface area (Å²) in [6.07, 6.45) is 0. The van der Waals surface area contributed by atoms with Crippen LogP contribution in [0.4, 0.5) is 5.82 Å². The lowest BCUT2D eigenvalue weighted by molar-refractivity contribution is 0.352. The van der Waals surface area contributed by atoms with Gasteiger partial charge in [0, 0.05) is 18.2 Å². The lowest BCUT2D eigenvalue weighted by Gasteiger charge is -2.12. The molecule has 0 aliphatic carbocycles. The summed E-state index contributed by atoms with van der Waals surface area (Å²) >= 11 is 0. The quantitative estimate of drug-likeness (QED) is 0.881. The zero-order valence-corrected chi connectivity index (χ0v) is 10.7. The van der Waals surface area contributed by atoms with E-state index in [4.69, 9.17) is 14.0 Å². The van der Waals surface area contributed by atoms with Gasteiger partial charge in [-0.1, -0.05) is 17.3 Å². The molecule has 1 heterocycles. The SMILES string of the molecule is COc1cccc(CNc2cc(C)on2)c1OC. The molecule has 0 bridgehead atoms. The fourth-order valence-electron chi connectivity index (χ4n) is 1.73. The number of benzene rings is 1. The molecule has 0 fully saturated rings. The predicted octanol–water partition coefficient (Wildman–Crippen LogP) is 2.61. The molecule has 2 rings (SSSR count). The lowest BCUT2D eigenvalue weighted by atomic mass is 10.2. The van der Waals surface area contributed by atoms with Gasteiger partial charge in [0.2, 0.25) is 0 Å². The molecule has 1 aromatic carbocycles. The standard InChI is InChI=1S/C13H16N2O3/c1-9-7-12(15-18-9)14-8-10-5-4-6-11(16-2)13(10)17-3/h4-7H,8H2,1-3H3,(H,14,15). The fourth-order valence-corrected chi connectivity index (χ4v) is 1.73. The van der Waals surface area contributed by atoms with Gasteiger partial charge in [-0.3, -0.25) is 0 Å². The van der Waals surface area contributed by atoms with Crippen LogP contribution in [0.3, 0.4) is 0 Å². The third kappa shape index (κ3) is 2.56. The Balaban J connectivity index is 2.13. The second-order valence-electron chi connectivity index (χ2n) is 3.83. The minimum atomic E-state index is 0.590. The first-order chi connectivity index (χ1) is 8.74. The molecule has 0 spiro atoms. The molecule has 5 nitrogen and oxygen atoms in total. The molecule has 0 radical (unpaired) electrons. The number of methoxy groups -OCH3 is 2. The molecular formula is C13H16N2O3. The van der Waals surface area contributed by atoms with E-state index in [1.54, 1.807) is 14.2 Å². The highest BCUT2D eigenvalue weighted by molar-refractivity contribution is 5.48. The number of rotatable bonds is 5. The third-order valence-corrected chi connectivity index (χ3v) is 2.57. The summed E-state index contributed by atoms with van der Waals surface area (Å²) in [4.78, 5) is 0. The Morgan fingerprint density at radius 2 is 2.11 bits per heavy atom. The second-order valence-corrected chi connectivity index (χ2v) is 3.83. The van der Waals surface area contributed by atoms with Gasteiger partial charge < -0.3 is 19.3 Å². The third-order valence-electron chi connectivity index (χ3n) is 2.57. The number of aromatic nitrogens is 1. The summed E-state index contributed by atoms with van der Waals surface area (Å²) in [6.45, 7) is 2.44. The Hall–Kier alpha value is -2.17. The Morgan fingerprint density at radius 1 is 1.28 bits per heavy atom. The van der Waals surface area contributed by atoms with Crippen molar-refractivity contribution in [3.63, 3.8) is 0 Å². The average molecular weight is 248 g/mol. The molecule has 18 heavy (non-hydrogen) atoms. The maximum atomic E-state index is 5.35. The van der Waals surface area contributed by atoms with Crippen molar-refractivity contribution in [1.82, 2.24) is 5.16 Å². The molecule has 0 atom stereocenters. The summed E-state index contributed by atoms with van der Waals surface area (Å²) in [5, 5.41) is 7.04. The second kappa shape index (κ2) is 5.44. The van der Waals surface area contributed by atoms with Crippen molar-refractivity contribution in [2.75, 3.05) is 19.5 Å². The van der Waals surface area contributed by atoms with E-state index in [1.165, 1.54) is 0 Å². The van der Waals surface area contributed by atoms with Gasteiger partial charge in [0.1, 0.15) is 5.76 Å². The summed E-state index contributed by atoms with van der Waals surface area (Å²) < 4.78 is 15.6. The average Bonchev–Trinajstić information content (AvgIpc) is 2.81. The number of anilines is 1. The predicted molar refractivity (Wildman–Crippen MR) is 68.1 cm³/mol. The molecule has 0 unspecified atom stereocenters. The van der Waals surface area contributed by atoms with Crippen molar-refractivity contribution in [3.8, 4) is 11.5 Å². The van der Waals surface area contributed by atoms with E-state index in [-0.39, 0.29) is 0 Å². The van der Waals surface area contributed by atoms with Crippen molar-refractivity contribution in [2.45, 2.75) is 13.5 Å². The van der Waals surface area contributed by atoms with Crippen LogP contribution in [0.5, 0.6) is 11.5 Å². The van der Waals surface area contributed by atoms with Gasteiger partial charge in [0.05, 0.1) is 14.2 Å². The van der Waals surface area contributed by atoms with E-state index in [0.717, 1.165) is 17.1 Å². The summed E-state index contributed by atoms with van der Waals surface area (Å²) in [5.41, 5.74) is 0.998. The zero-order valence-electron chi connectivity index (χ0n) is 10.7. The van der Waals surface area contributed by atoms with Gasteiger partial charge in [-0.2, -0.15) is 0 Å². The van der Waals surface area contributed by atoms with Gasteiger partial charge in [-0.15, -0.1) is 0 Å². The van der Waals surface area contributed by atoms with Gasteiger partial charge >= 0.3 is 0 Å². The first-order valence-corrected chi connectivity index (χ1v) is 5.61. The molecule has 1 N–H and O–H groups in total. The summed E-state index contributed by atoms with van der Waals surface area (Å²) in [6, 6.07) is 7.60. The van der Waals surface area contributed by atoms with Gasteiger partial charge in [0.25, 0.3) is 0 Å². The van der Waals surface area contributed by atoms with E-state index in [0.29, 0.717) is 18.1 Å². The first-order valence-electron chi connectivity index (χ1n) is 5.61. The maximum absolute atomic E-state index is 5.35. The molecule has 0 saturated heterocycles. The van der Waals surface area contributed by atoms with Crippen LogP contribution >= 0.6 is 0 Å². The van der Waals surface area contributed by atoms with Crippen LogP contribution in [-0.4, -0.2) is 19.4 Å². The van der Waals surface area contributed by atoms with E-state index < -0.39 is 0 Å². The zero-order chi connectivity index (χ0) is 13.0. The van der Waals surface area contributed by atoms with Crippen LogP contribution in [0.25, 0.3) is 0 Å². The molecule has 5 heteroatoms. The first kappa shape index (κ1) is 12.3. The number of hydrogen-bond donors (Lipinski definition) is 1. The summed E-state index contributed by atoms with van der Waals surface area (Å²) in [5.74, 6) is 2.92. The maximum Gasteiger partial charge on any atom is 0.169 e. The van der Waals surface area contributed by atoms with Crippen molar-refractivity contribution in [2.24, 2.45) is 0 Å². The molecular weight excluding hydrogens is 232 g/mol. The highest BCUT2D eigenvalue weighted by atomic mass is 16.5. The van der Waals surface area contributed by atoms with Crippen LogP contribution < -0.4 is 14.8 Å². The number of ether oxygens (including phenoxy) is 2. The fraction of sp³-hybridized carbons (Fsp3) is 0.308. The highest BCUT2D eigenvalue weighted by Gasteiger charge is 2.09. The molecule has 2 aromatic rings. The van der Waals surface area contributed by atoms with E-state index in [9.17, 15) is 0 Å². The number of hydrogen-bond acceptors (Lipinski definition) is 5. The number of para-hydroxylation sites is 1. The highest BCUT2D eigenvalue weighted by Crippen LogP contribution is 2.31. The van der Waals surface area contributed by atoms with E-state index in [1.807, 2.05) is 31.2 Å². The van der Waals surface area contributed by atoms with E-state index >= 15 is 0 Å². The van der Waals surface area contributed by atoms with Gasteiger partial charge in [0.15, 0.2) is 17.3 Å². The Kier molecular flexibility index (Phi) is 3.72. The van der Waals surface area contributed by atoms with Crippen molar-refractivity contribution < 1.29 is 14.0 Å². The largest absolute Gasteiger partial charge is 0.493 e. The molecule has 0 aliphatic heterocycles. The van der Waals surface area contributed by atoms with Crippen LogP contribution in [0.1, 0.15) is 11.3 Å². The number of nitrogens with one attached hydrogen (secondary N) is 1. The molecule has 0 aliphatic rings. The minimum absolute atomic E-state index is 0.590. The van der Waals surface area contributed by atoms with Gasteiger partial charge in [-0.25, -0.2) is 0 Å². The molecule has 1 aromatic heterocycles. The van der Waals surface area contributed by atoms with Crippen molar-refractivity contribution in [3.05, 3.63) is 35.6 Å². The Morgan fingerprint density at radius 3 is 2.72 bits per heavy atom. The van der Waals surface area contributed by atoms with Crippen LogP contribution in [0.15, 0.2) is 28.8 Å². The smallest absolute Gasteiger partial charge is 0.169 e. The normalized spacial score (nSPS) is 10.2. The van der Waals surface area contributed by atoms with Crippen LogP contribution in [0, 0.1) is 6.92 Å². The van der Waals surface area contributed by atoms with Crippen molar-refractivity contribution in [1.29, 1.82) is 0 Å². The van der Waals surface area contributed by atoms with Crippen molar-refractivity contribution >= 4 is 5.82 Å². The molecule has 0 amide bonds. The Bertz CT molecular complexity index is 523. The number of aryl methyl sites for hydroxylation is 1. The molecule has 96 valence electrons. The monoisotopic (exact) mass is 248 g/mol. The molecule has 0 saturated carbocycles. The van der Waals surface area contributed by atoms with E-state index in [2.05, 4.69) is 10.5 Å². The van der Waals surface area contributed by atoms with Crippen LogP contribution in [0.2, 0.25) is 0 Å². The minimum Gasteiger partial charge on any atom is -0.493 e. The van der Waals surface area contributed by atoms with Gasteiger partial charge in [-0.05, 0) is 13.0 Å². The number of nitrogens with zero attached hydrogens (tertiary/aromatic N) is 1. The summed E-state index contributed by atoms with van der Waals surface area (Å²) in [7, 11) is 3.25.